The standard InChI is InChI=1S/C17H16N2O4/c1-2-23-15-8-12(7-14(20)9-15)16(17(21)22)19-13-5-3-11(10-18)4-6-13/h3-9,16,19-20H,2H2,1H3,(H,21,22)/p-1. The molecule has 0 aliphatic rings. The predicted molar refractivity (Wildman–Crippen MR) is 81.8 cm³/mol. The summed E-state index contributed by atoms with van der Waals surface area (Å²) in [6.07, 6.45) is 0. The third-order valence-electron chi connectivity index (χ3n) is 3.12. The molecule has 0 bridgehead atoms. The molecule has 118 valence electrons. The second kappa shape index (κ2) is 7.18. The van der Waals surface area contributed by atoms with Gasteiger partial charge in [-0.2, -0.15) is 5.26 Å². The second-order valence-corrected chi connectivity index (χ2v) is 4.78. The minimum atomic E-state index is -1.34. The molecule has 6 heteroatoms. The third kappa shape index (κ3) is 4.14. The number of carboxylic acids is 1. The van der Waals surface area contributed by atoms with E-state index in [4.69, 9.17) is 10.00 Å². The minimum absolute atomic E-state index is 0.0983. The van der Waals surface area contributed by atoms with Gasteiger partial charge in [0.05, 0.1) is 30.3 Å². The number of hydrogen-bond donors (Lipinski definition) is 2. The number of carbonyl (C=O) groups excluding carboxylic acids is 1. The van der Waals surface area contributed by atoms with E-state index >= 15 is 0 Å². The van der Waals surface area contributed by atoms with Crippen LogP contribution in [-0.2, 0) is 4.79 Å². The molecule has 6 nitrogen and oxygen atoms in total. The summed E-state index contributed by atoms with van der Waals surface area (Å²) >= 11 is 0. The largest absolute Gasteiger partial charge is 0.548 e. The summed E-state index contributed by atoms with van der Waals surface area (Å²) in [5, 5.41) is 32.8. The molecule has 0 saturated heterocycles. The number of phenolic OH excluding ortho intramolecular Hbond substituents is 1. The lowest BCUT2D eigenvalue weighted by molar-refractivity contribution is -0.307. The highest BCUT2D eigenvalue weighted by molar-refractivity contribution is 5.78. The fourth-order valence-corrected chi connectivity index (χ4v) is 2.11. The van der Waals surface area contributed by atoms with Gasteiger partial charge in [-0.15, -0.1) is 0 Å². The zero-order chi connectivity index (χ0) is 16.8. The van der Waals surface area contributed by atoms with Gasteiger partial charge >= 0.3 is 0 Å². The van der Waals surface area contributed by atoms with Gasteiger partial charge in [0.15, 0.2) is 0 Å². The summed E-state index contributed by atoms with van der Waals surface area (Å²) in [4.78, 5) is 11.5. The molecule has 0 aliphatic heterocycles. The molecule has 0 amide bonds. The maximum absolute atomic E-state index is 11.5. The van der Waals surface area contributed by atoms with Crippen LogP contribution in [0.1, 0.15) is 24.1 Å². The Morgan fingerprint density at radius 2 is 2.04 bits per heavy atom. The lowest BCUT2D eigenvalue weighted by Crippen LogP contribution is -2.34. The number of rotatable bonds is 6. The van der Waals surface area contributed by atoms with E-state index in [0.29, 0.717) is 29.2 Å². The summed E-state index contributed by atoms with van der Waals surface area (Å²) < 4.78 is 5.30. The van der Waals surface area contributed by atoms with Crippen molar-refractivity contribution in [3.8, 4) is 17.6 Å². The Kier molecular flexibility index (Phi) is 5.05. The van der Waals surface area contributed by atoms with Crippen LogP contribution in [0.15, 0.2) is 42.5 Å². The molecule has 2 N–H and O–H groups in total. The van der Waals surface area contributed by atoms with E-state index in [0.717, 1.165) is 0 Å². The maximum Gasteiger partial charge on any atom is 0.123 e. The molecule has 0 spiro atoms. The molecule has 2 rings (SSSR count). The van der Waals surface area contributed by atoms with Crippen molar-refractivity contribution in [1.82, 2.24) is 0 Å². The SMILES string of the molecule is CCOc1cc(O)cc(C(Nc2ccc(C#N)cc2)C(=O)[O-])c1. The van der Waals surface area contributed by atoms with Crippen molar-refractivity contribution in [3.63, 3.8) is 0 Å². The molecule has 0 aromatic heterocycles. The molecule has 0 aliphatic carbocycles. The Labute approximate surface area is 133 Å². The summed E-state index contributed by atoms with van der Waals surface area (Å²) in [5.74, 6) is -1.07. The van der Waals surface area contributed by atoms with E-state index in [2.05, 4.69) is 5.32 Å². The topological polar surface area (TPSA) is 105 Å². The highest BCUT2D eigenvalue weighted by Gasteiger charge is 2.15. The Bertz CT molecular complexity index is 735. The lowest BCUT2D eigenvalue weighted by Gasteiger charge is -2.22. The molecule has 0 saturated carbocycles. The Balaban J connectivity index is 2.31. The van der Waals surface area contributed by atoms with E-state index in [9.17, 15) is 15.0 Å². The van der Waals surface area contributed by atoms with Crippen LogP contribution in [-0.4, -0.2) is 17.7 Å². The fraction of sp³-hybridized carbons (Fsp3) is 0.176. The average Bonchev–Trinajstić information content (AvgIpc) is 2.52. The molecule has 2 aromatic rings. The Morgan fingerprint density at radius 1 is 1.35 bits per heavy atom. The van der Waals surface area contributed by atoms with Crippen molar-refractivity contribution < 1.29 is 19.7 Å². The molecule has 1 unspecified atom stereocenters. The number of nitrogens with one attached hydrogen (secondary N) is 1. The Hall–Kier alpha value is -3.20. The number of phenols is 1. The number of aliphatic carboxylic acids is 1. The van der Waals surface area contributed by atoms with Crippen LogP contribution in [0, 0.1) is 11.3 Å². The number of ether oxygens (including phenoxy) is 1. The van der Waals surface area contributed by atoms with E-state index in [1.54, 1.807) is 31.2 Å². The van der Waals surface area contributed by atoms with Crippen molar-refractivity contribution in [1.29, 1.82) is 5.26 Å². The number of nitrogens with zero attached hydrogens (tertiary/aromatic N) is 1. The van der Waals surface area contributed by atoms with Gasteiger partial charge in [-0.25, -0.2) is 0 Å². The quantitative estimate of drug-likeness (QED) is 0.839. The van der Waals surface area contributed by atoms with Crippen molar-refractivity contribution in [2.24, 2.45) is 0 Å². The van der Waals surface area contributed by atoms with Crippen molar-refractivity contribution in [2.75, 3.05) is 11.9 Å². The van der Waals surface area contributed by atoms with E-state index in [1.165, 1.54) is 18.2 Å². The van der Waals surface area contributed by atoms with Crippen molar-refractivity contribution >= 4 is 11.7 Å². The lowest BCUT2D eigenvalue weighted by atomic mass is 10.1. The van der Waals surface area contributed by atoms with E-state index < -0.39 is 12.0 Å². The molecule has 0 fully saturated rings. The van der Waals surface area contributed by atoms with Crippen molar-refractivity contribution in [3.05, 3.63) is 53.6 Å². The fourth-order valence-electron chi connectivity index (χ4n) is 2.11. The number of hydrogen-bond acceptors (Lipinski definition) is 6. The number of anilines is 1. The summed E-state index contributed by atoms with van der Waals surface area (Å²) in [5.41, 5.74) is 1.29. The molecule has 0 radical (unpaired) electrons. The molecular formula is C17H15N2O4-. The van der Waals surface area contributed by atoms with Crippen LogP contribution in [0.2, 0.25) is 0 Å². The van der Waals surface area contributed by atoms with Crippen LogP contribution in [0.4, 0.5) is 5.69 Å². The molecule has 23 heavy (non-hydrogen) atoms. The number of nitriles is 1. The zero-order valence-corrected chi connectivity index (χ0v) is 12.4. The normalized spacial score (nSPS) is 11.3. The number of carbonyl (C=O) groups is 1. The van der Waals surface area contributed by atoms with Crippen LogP contribution in [0.3, 0.4) is 0 Å². The van der Waals surface area contributed by atoms with Gasteiger partial charge in [0.2, 0.25) is 0 Å². The molecule has 1 atom stereocenters. The van der Waals surface area contributed by atoms with Gasteiger partial charge < -0.3 is 25.1 Å². The van der Waals surface area contributed by atoms with E-state index in [-0.39, 0.29) is 5.75 Å². The van der Waals surface area contributed by atoms with E-state index in [1.807, 2.05) is 6.07 Å². The minimum Gasteiger partial charge on any atom is -0.548 e. The smallest absolute Gasteiger partial charge is 0.123 e. The molecular weight excluding hydrogens is 296 g/mol. The van der Waals surface area contributed by atoms with Gasteiger partial charge in [0.1, 0.15) is 11.5 Å². The molecule has 0 heterocycles. The highest BCUT2D eigenvalue weighted by atomic mass is 16.5. The first-order valence-electron chi connectivity index (χ1n) is 6.97. The third-order valence-corrected chi connectivity index (χ3v) is 3.12. The first kappa shape index (κ1) is 16.2. The predicted octanol–water partition coefficient (Wildman–Crippen LogP) is 1.57. The van der Waals surface area contributed by atoms with Gasteiger partial charge in [-0.1, -0.05) is 0 Å². The molecule has 2 aromatic carbocycles. The second-order valence-electron chi connectivity index (χ2n) is 4.78. The summed E-state index contributed by atoms with van der Waals surface area (Å²) in [6, 6.07) is 11.4. The Morgan fingerprint density at radius 3 is 2.61 bits per heavy atom. The van der Waals surface area contributed by atoms with Crippen LogP contribution in [0.25, 0.3) is 0 Å². The van der Waals surface area contributed by atoms with Gasteiger partial charge in [0, 0.05) is 11.8 Å². The maximum atomic E-state index is 11.5. The first-order chi connectivity index (χ1) is 11.0. The van der Waals surface area contributed by atoms with Gasteiger partial charge in [0.25, 0.3) is 0 Å². The van der Waals surface area contributed by atoms with Gasteiger partial charge in [-0.3, -0.25) is 0 Å². The van der Waals surface area contributed by atoms with Crippen LogP contribution >= 0.6 is 0 Å². The number of carboxylic acid groups (broad SMARTS) is 1. The van der Waals surface area contributed by atoms with Crippen LogP contribution in [0.5, 0.6) is 11.5 Å². The van der Waals surface area contributed by atoms with Crippen molar-refractivity contribution in [2.45, 2.75) is 13.0 Å². The first-order valence-corrected chi connectivity index (χ1v) is 6.97. The van der Waals surface area contributed by atoms with Crippen LogP contribution < -0.4 is 15.2 Å². The monoisotopic (exact) mass is 311 g/mol. The number of benzene rings is 2. The summed E-state index contributed by atoms with van der Waals surface area (Å²) in [7, 11) is 0. The summed E-state index contributed by atoms with van der Waals surface area (Å²) in [6.45, 7) is 2.18. The average molecular weight is 311 g/mol. The zero-order valence-electron chi connectivity index (χ0n) is 12.4. The van der Waals surface area contributed by atoms with Gasteiger partial charge in [-0.05, 0) is 48.9 Å². The highest BCUT2D eigenvalue weighted by Crippen LogP contribution is 2.28. The number of aromatic hydroxyl groups is 1.